The summed E-state index contributed by atoms with van der Waals surface area (Å²) in [6, 6.07) is 4.24. The van der Waals surface area contributed by atoms with E-state index in [4.69, 9.17) is 4.98 Å². The van der Waals surface area contributed by atoms with Crippen LogP contribution in [0.25, 0.3) is 10.7 Å². The Morgan fingerprint density at radius 3 is 2.75 bits per heavy atom. The van der Waals surface area contributed by atoms with E-state index in [1.54, 1.807) is 11.3 Å². The standard InChI is InChI=1S/C15H18BrN3S/c1-3-6-17-14-8-12(10-4-5-10)18-15(19-14)13-7-11(16)9(2)20-13/h7-8,10H,3-6H2,1-2H3,(H,17,18,19). The Labute approximate surface area is 132 Å². The van der Waals surface area contributed by atoms with E-state index in [1.165, 1.54) is 23.4 Å². The molecule has 0 bridgehead atoms. The van der Waals surface area contributed by atoms with Gasteiger partial charge in [0.1, 0.15) is 5.82 Å². The van der Waals surface area contributed by atoms with E-state index in [9.17, 15) is 0 Å². The number of aryl methyl sites for hydroxylation is 1. The van der Waals surface area contributed by atoms with Gasteiger partial charge in [-0.05, 0) is 48.2 Å². The molecule has 2 heterocycles. The molecule has 1 aliphatic carbocycles. The Hall–Kier alpha value is -0.940. The van der Waals surface area contributed by atoms with Gasteiger partial charge >= 0.3 is 0 Å². The van der Waals surface area contributed by atoms with Gasteiger partial charge in [0.25, 0.3) is 0 Å². The summed E-state index contributed by atoms with van der Waals surface area (Å²) in [6.07, 6.45) is 3.62. The van der Waals surface area contributed by atoms with E-state index in [0.717, 1.165) is 34.0 Å². The fourth-order valence-electron chi connectivity index (χ4n) is 2.08. The van der Waals surface area contributed by atoms with Gasteiger partial charge in [-0.1, -0.05) is 6.92 Å². The van der Waals surface area contributed by atoms with Gasteiger partial charge in [-0.25, -0.2) is 9.97 Å². The molecule has 3 rings (SSSR count). The quantitative estimate of drug-likeness (QED) is 0.825. The van der Waals surface area contributed by atoms with Gasteiger partial charge in [0.2, 0.25) is 0 Å². The number of thiophene rings is 1. The normalized spacial score (nSPS) is 14.6. The molecule has 5 heteroatoms. The Kier molecular flexibility index (Phi) is 4.08. The largest absolute Gasteiger partial charge is 0.370 e. The van der Waals surface area contributed by atoms with Crippen molar-refractivity contribution in [3.8, 4) is 10.7 Å². The van der Waals surface area contributed by atoms with Gasteiger partial charge in [0.15, 0.2) is 5.82 Å². The summed E-state index contributed by atoms with van der Waals surface area (Å²) in [6.45, 7) is 5.23. The maximum absolute atomic E-state index is 4.77. The molecule has 1 saturated carbocycles. The highest BCUT2D eigenvalue weighted by Gasteiger charge is 2.26. The van der Waals surface area contributed by atoms with Crippen molar-refractivity contribution in [3.05, 3.63) is 27.2 Å². The number of hydrogen-bond donors (Lipinski definition) is 1. The number of anilines is 1. The Balaban J connectivity index is 1.97. The molecule has 0 unspecified atom stereocenters. The minimum Gasteiger partial charge on any atom is -0.370 e. The van der Waals surface area contributed by atoms with Crippen molar-refractivity contribution in [2.45, 2.75) is 39.0 Å². The monoisotopic (exact) mass is 351 g/mol. The Morgan fingerprint density at radius 1 is 1.35 bits per heavy atom. The molecule has 1 fully saturated rings. The van der Waals surface area contributed by atoms with Crippen LogP contribution in [0.3, 0.4) is 0 Å². The minimum atomic E-state index is 0.642. The van der Waals surface area contributed by atoms with Gasteiger partial charge in [-0.15, -0.1) is 11.3 Å². The second-order valence-electron chi connectivity index (χ2n) is 5.22. The maximum atomic E-state index is 4.77. The SMILES string of the molecule is CCCNc1cc(C2CC2)nc(-c2cc(Br)c(C)s2)n1. The van der Waals surface area contributed by atoms with E-state index in [0.29, 0.717) is 5.92 Å². The van der Waals surface area contributed by atoms with Crippen LogP contribution in [0.4, 0.5) is 5.82 Å². The van der Waals surface area contributed by atoms with Crippen molar-refractivity contribution in [2.75, 3.05) is 11.9 Å². The molecule has 2 aromatic heterocycles. The second-order valence-corrected chi connectivity index (χ2v) is 7.33. The van der Waals surface area contributed by atoms with Crippen LogP contribution in [0.15, 0.2) is 16.6 Å². The highest BCUT2D eigenvalue weighted by molar-refractivity contribution is 9.10. The molecule has 0 saturated heterocycles. The Morgan fingerprint density at radius 2 is 2.15 bits per heavy atom. The summed E-state index contributed by atoms with van der Waals surface area (Å²) >= 11 is 5.31. The third-order valence-electron chi connectivity index (χ3n) is 3.38. The first-order valence-electron chi connectivity index (χ1n) is 7.06. The lowest BCUT2D eigenvalue weighted by Crippen LogP contribution is -2.05. The van der Waals surface area contributed by atoms with Crippen molar-refractivity contribution < 1.29 is 0 Å². The first kappa shape index (κ1) is 14.0. The number of aromatic nitrogens is 2. The summed E-state index contributed by atoms with van der Waals surface area (Å²) in [7, 11) is 0. The van der Waals surface area contributed by atoms with Crippen molar-refractivity contribution in [1.29, 1.82) is 0 Å². The molecule has 1 aliphatic rings. The molecular formula is C15H18BrN3S. The summed E-state index contributed by atoms with van der Waals surface area (Å²) in [5.41, 5.74) is 1.19. The molecule has 0 atom stereocenters. The molecule has 0 aliphatic heterocycles. The highest BCUT2D eigenvalue weighted by Crippen LogP contribution is 2.41. The van der Waals surface area contributed by atoms with Crippen molar-refractivity contribution in [2.24, 2.45) is 0 Å². The van der Waals surface area contributed by atoms with E-state index >= 15 is 0 Å². The number of halogens is 1. The highest BCUT2D eigenvalue weighted by atomic mass is 79.9. The van der Waals surface area contributed by atoms with Crippen LogP contribution in [0, 0.1) is 6.92 Å². The molecule has 2 aromatic rings. The third kappa shape index (κ3) is 3.04. The van der Waals surface area contributed by atoms with Crippen LogP contribution in [0.5, 0.6) is 0 Å². The number of nitrogens with zero attached hydrogens (tertiary/aromatic N) is 2. The zero-order valence-corrected chi connectivity index (χ0v) is 14.1. The van der Waals surface area contributed by atoms with Crippen LogP contribution in [-0.4, -0.2) is 16.5 Å². The molecular weight excluding hydrogens is 334 g/mol. The topological polar surface area (TPSA) is 37.8 Å². The van der Waals surface area contributed by atoms with E-state index < -0.39 is 0 Å². The smallest absolute Gasteiger partial charge is 0.171 e. The first-order chi connectivity index (χ1) is 9.67. The molecule has 0 spiro atoms. The lowest BCUT2D eigenvalue weighted by Gasteiger charge is -2.08. The van der Waals surface area contributed by atoms with Crippen LogP contribution in [0.2, 0.25) is 0 Å². The van der Waals surface area contributed by atoms with Crippen LogP contribution in [-0.2, 0) is 0 Å². The van der Waals surface area contributed by atoms with Crippen LogP contribution < -0.4 is 5.32 Å². The summed E-state index contributed by atoms with van der Waals surface area (Å²) in [5.74, 6) is 2.45. The fraction of sp³-hybridized carbons (Fsp3) is 0.467. The summed E-state index contributed by atoms with van der Waals surface area (Å²) < 4.78 is 1.14. The average molecular weight is 352 g/mol. The fourth-order valence-corrected chi connectivity index (χ4v) is 3.55. The maximum Gasteiger partial charge on any atom is 0.171 e. The molecule has 20 heavy (non-hydrogen) atoms. The molecule has 106 valence electrons. The van der Waals surface area contributed by atoms with E-state index in [-0.39, 0.29) is 0 Å². The summed E-state index contributed by atoms with van der Waals surface area (Å²) in [5, 5.41) is 3.39. The Bertz CT molecular complexity index is 600. The first-order valence-corrected chi connectivity index (χ1v) is 8.67. The predicted molar refractivity (Wildman–Crippen MR) is 88.5 cm³/mol. The number of rotatable bonds is 5. The molecule has 0 aromatic carbocycles. The van der Waals surface area contributed by atoms with Gasteiger partial charge < -0.3 is 5.32 Å². The second kappa shape index (κ2) is 5.82. The van der Waals surface area contributed by atoms with Gasteiger partial charge in [0.05, 0.1) is 4.88 Å². The van der Waals surface area contributed by atoms with E-state index in [1.807, 2.05) is 0 Å². The number of nitrogens with one attached hydrogen (secondary N) is 1. The van der Waals surface area contributed by atoms with Crippen LogP contribution in [0.1, 0.15) is 42.7 Å². The number of hydrogen-bond acceptors (Lipinski definition) is 4. The molecule has 0 radical (unpaired) electrons. The van der Waals surface area contributed by atoms with Crippen molar-refractivity contribution in [3.63, 3.8) is 0 Å². The predicted octanol–water partition coefficient (Wildman–Crippen LogP) is 4.98. The zero-order valence-electron chi connectivity index (χ0n) is 11.7. The van der Waals surface area contributed by atoms with Gasteiger partial charge in [-0.2, -0.15) is 0 Å². The minimum absolute atomic E-state index is 0.642. The molecule has 1 N–H and O–H groups in total. The van der Waals surface area contributed by atoms with Crippen molar-refractivity contribution in [1.82, 2.24) is 9.97 Å². The van der Waals surface area contributed by atoms with Gasteiger partial charge in [0, 0.05) is 33.6 Å². The summed E-state index contributed by atoms with van der Waals surface area (Å²) in [4.78, 5) is 11.8. The third-order valence-corrected chi connectivity index (χ3v) is 5.51. The lowest BCUT2D eigenvalue weighted by atomic mass is 10.2. The van der Waals surface area contributed by atoms with Crippen molar-refractivity contribution >= 4 is 33.1 Å². The van der Waals surface area contributed by atoms with Crippen LogP contribution >= 0.6 is 27.3 Å². The van der Waals surface area contributed by atoms with E-state index in [2.05, 4.69) is 52.2 Å². The molecule has 0 amide bonds. The zero-order chi connectivity index (χ0) is 14.1. The lowest BCUT2D eigenvalue weighted by molar-refractivity contribution is 0.949. The van der Waals surface area contributed by atoms with Gasteiger partial charge in [-0.3, -0.25) is 0 Å². The molecule has 3 nitrogen and oxygen atoms in total. The average Bonchev–Trinajstić information content (AvgIpc) is 3.23.